The summed E-state index contributed by atoms with van der Waals surface area (Å²) in [6, 6.07) is 8.99. The molecule has 1 rings (SSSR count). The standard InChI is InChI=1S/C14H20N2O2/c1-11(16(3)10-9-13(17)15-2)14(18)12-7-5-4-6-8-12/h4-8,11H,9-10H2,1-3H3,(H,15,17). The summed E-state index contributed by atoms with van der Waals surface area (Å²) in [5.41, 5.74) is 0.705. The van der Waals surface area contributed by atoms with Gasteiger partial charge in [-0.05, 0) is 14.0 Å². The number of rotatable bonds is 6. The molecular formula is C14H20N2O2. The zero-order chi connectivity index (χ0) is 13.5. The van der Waals surface area contributed by atoms with Gasteiger partial charge in [-0.15, -0.1) is 0 Å². The van der Waals surface area contributed by atoms with E-state index in [-0.39, 0.29) is 17.7 Å². The van der Waals surface area contributed by atoms with Gasteiger partial charge in [0.25, 0.3) is 0 Å². The second-order valence-electron chi connectivity index (χ2n) is 4.31. The maximum atomic E-state index is 12.2. The van der Waals surface area contributed by atoms with Crippen LogP contribution < -0.4 is 5.32 Å². The molecule has 1 N–H and O–H groups in total. The molecule has 0 radical (unpaired) electrons. The van der Waals surface area contributed by atoms with E-state index in [9.17, 15) is 9.59 Å². The van der Waals surface area contributed by atoms with Gasteiger partial charge >= 0.3 is 0 Å². The highest BCUT2D eigenvalue weighted by Gasteiger charge is 2.19. The van der Waals surface area contributed by atoms with Gasteiger partial charge in [-0.25, -0.2) is 0 Å². The second-order valence-corrected chi connectivity index (χ2v) is 4.31. The number of carbonyl (C=O) groups is 2. The summed E-state index contributed by atoms with van der Waals surface area (Å²) in [6.45, 7) is 2.43. The molecule has 0 aliphatic heterocycles. The van der Waals surface area contributed by atoms with Crippen molar-refractivity contribution in [3.8, 4) is 0 Å². The van der Waals surface area contributed by atoms with Gasteiger partial charge in [-0.2, -0.15) is 0 Å². The van der Waals surface area contributed by atoms with Crippen LogP contribution in [0, 0.1) is 0 Å². The van der Waals surface area contributed by atoms with Crippen molar-refractivity contribution in [2.75, 3.05) is 20.6 Å². The summed E-state index contributed by atoms with van der Waals surface area (Å²) in [5.74, 6) is 0.0659. The van der Waals surface area contributed by atoms with Gasteiger partial charge in [-0.1, -0.05) is 30.3 Å². The third-order valence-corrected chi connectivity index (χ3v) is 3.07. The lowest BCUT2D eigenvalue weighted by atomic mass is 10.0. The molecule has 0 bridgehead atoms. The van der Waals surface area contributed by atoms with Gasteiger partial charge in [0.05, 0.1) is 6.04 Å². The van der Waals surface area contributed by atoms with Crippen molar-refractivity contribution in [3.63, 3.8) is 0 Å². The van der Waals surface area contributed by atoms with Gasteiger partial charge < -0.3 is 5.32 Å². The van der Waals surface area contributed by atoms with Crippen molar-refractivity contribution >= 4 is 11.7 Å². The number of benzene rings is 1. The van der Waals surface area contributed by atoms with Crippen molar-refractivity contribution < 1.29 is 9.59 Å². The first kappa shape index (κ1) is 14.4. The highest BCUT2D eigenvalue weighted by Crippen LogP contribution is 2.08. The number of hydrogen-bond acceptors (Lipinski definition) is 3. The predicted molar refractivity (Wildman–Crippen MR) is 71.5 cm³/mol. The van der Waals surface area contributed by atoms with E-state index >= 15 is 0 Å². The molecule has 0 aromatic heterocycles. The van der Waals surface area contributed by atoms with E-state index in [1.54, 1.807) is 7.05 Å². The summed E-state index contributed by atoms with van der Waals surface area (Å²) in [7, 11) is 3.47. The lowest BCUT2D eigenvalue weighted by molar-refractivity contribution is -0.120. The molecule has 0 fully saturated rings. The van der Waals surface area contributed by atoms with Crippen molar-refractivity contribution in [2.24, 2.45) is 0 Å². The van der Waals surface area contributed by atoms with Crippen molar-refractivity contribution in [2.45, 2.75) is 19.4 Å². The first-order valence-corrected chi connectivity index (χ1v) is 6.06. The van der Waals surface area contributed by atoms with Crippen LogP contribution in [0.25, 0.3) is 0 Å². The molecule has 4 nitrogen and oxygen atoms in total. The molecule has 0 saturated carbocycles. The lowest BCUT2D eigenvalue weighted by Crippen LogP contribution is -2.38. The minimum absolute atomic E-state index is 0.0128. The topological polar surface area (TPSA) is 49.4 Å². The van der Waals surface area contributed by atoms with Crippen LogP contribution in [0.1, 0.15) is 23.7 Å². The zero-order valence-electron chi connectivity index (χ0n) is 11.1. The van der Waals surface area contributed by atoms with Crippen LogP contribution in [0.5, 0.6) is 0 Å². The van der Waals surface area contributed by atoms with Crippen LogP contribution in [0.2, 0.25) is 0 Å². The summed E-state index contributed by atoms with van der Waals surface area (Å²) in [6.07, 6.45) is 0.402. The molecule has 1 aromatic rings. The van der Waals surface area contributed by atoms with Crippen LogP contribution in [0.4, 0.5) is 0 Å². The quantitative estimate of drug-likeness (QED) is 0.773. The summed E-state index contributed by atoms with van der Waals surface area (Å²) in [4.78, 5) is 25.2. The Hall–Kier alpha value is -1.68. The number of nitrogens with zero attached hydrogens (tertiary/aromatic N) is 1. The van der Waals surface area contributed by atoms with Gasteiger partial charge in [0.1, 0.15) is 0 Å². The number of ketones is 1. The number of likely N-dealkylation sites (N-methyl/N-ethyl adjacent to an activating group) is 1. The fraction of sp³-hybridized carbons (Fsp3) is 0.429. The van der Waals surface area contributed by atoms with E-state index in [1.807, 2.05) is 49.2 Å². The minimum atomic E-state index is -0.225. The maximum absolute atomic E-state index is 12.2. The normalized spacial score (nSPS) is 12.2. The molecule has 1 amide bonds. The SMILES string of the molecule is CNC(=O)CCN(C)C(C)C(=O)c1ccccc1. The molecule has 18 heavy (non-hydrogen) atoms. The molecule has 1 aromatic carbocycles. The average Bonchev–Trinajstić information content (AvgIpc) is 2.43. The Morgan fingerprint density at radius 1 is 1.28 bits per heavy atom. The maximum Gasteiger partial charge on any atom is 0.221 e. The monoisotopic (exact) mass is 248 g/mol. The molecule has 0 heterocycles. The van der Waals surface area contributed by atoms with E-state index in [0.717, 1.165) is 0 Å². The average molecular weight is 248 g/mol. The molecule has 4 heteroatoms. The van der Waals surface area contributed by atoms with Gasteiger partial charge in [0.2, 0.25) is 5.91 Å². The molecule has 0 saturated heterocycles. The third-order valence-electron chi connectivity index (χ3n) is 3.07. The van der Waals surface area contributed by atoms with Crippen LogP contribution in [0.15, 0.2) is 30.3 Å². The van der Waals surface area contributed by atoms with E-state index in [4.69, 9.17) is 0 Å². The summed E-state index contributed by atoms with van der Waals surface area (Å²) < 4.78 is 0. The van der Waals surface area contributed by atoms with Gasteiger partial charge in [0, 0.05) is 25.6 Å². The van der Waals surface area contributed by atoms with E-state index in [2.05, 4.69) is 5.32 Å². The second kappa shape index (κ2) is 6.91. The van der Waals surface area contributed by atoms with Crippen LogP contribution in [-0.4, -0.2) is 43.3 Å². The van der Waals surface area contributed by atoms with Gasteiger partial charge in [-0.3, -0.25) is 14.5 Å². The Balaban J connectivity index is 2.56. The lowest BCUT2D eigenvalue weighted by Gasteiger charge is -2.23. The number of amides is 1. The fourth-order valence-corrected chi connectivity index (χ4v) is 1.64. The van der Waals surface area contributed by atoms with Crippen LogP contribution in [0.3, 0.4) is 0 Å². The molecule has 1 atom stereocenters. The Morgan fingerprint density at radius 3 is 2.44 bits per heavy atom. The highest BCUT2D eigenvalue weighted by atomic mass is 16.1. The Morgan fingerprint density at radius 2 is 1.89 bits per heavy atom. The first-order valence-electron chi connectivity index (χ1n) is 6.06. The third kappa shape index (κ3) is 3.96. The Bertz CT molecular complexity index is 404. The first-order chi connectivity index (χ1) is 8.56. The molecule has 0 spiro atoms. The molecule has 1 unspecified atom stereocenters. The fourth-order valence-electron chi connectivity index (χ4n) is 1.64. The van der Waals surface area contributed by atoms with Crippen molar-refractivity contribution in [3.05, 3.63) is 35.9 Å². The number of hydrogen-bond donors (Lipinski definition) is 1. The highest BCUT2D eigenvalue weighted by molar-refractivity contribution is 5.99. The van der Waals surface area contributed by atoms with Crippen LogP contribution in [-0.2, 0) is 4.79 Å². The van der Waals surface area contributed by atoms with E-state index in [1.165, 1.54) is 0 Å². The van der Waals surface area contributed by atoms with Crippen LogP contribution >= 0.6 is 0 Å². The minimum Gasteiger partial charge on any atom is -0.359 e. The predicted octanol–water partition coefficient (Wildman–Crippen LogP) is 1.33. The molecule has 0 aliphatic carbocycles. The van der Waals surface area contributed by atoms with Crippen molar-refractivity contribution in [1.82, 2.24) is 10.2 Å². The molecular weight excluding hydrogens is 228 g/mol. The smallest absolute Gasteiger partial charge is 0.221 e. The Labute approximate surface area is 108 Å². The molecule has 98 valence electrons. The number of Topliss-reactive ketones (excluding diaryl/α,β-unsaturated/α-hetero) is 1. The zero-order valence-corrected chi connectivity index (χ0v) is 11.1. The van der Waals surface area contributed by atoms with Crippen molar-refractivity contribution in [1.29, 1.82) is 0 Å². The van der Waals surface area contributed by atoms with Gasteiger partial charge in [0.15, 0.2) is 5.78 Å². The summed E-state index contributed by atoms with van der Waals surface area (Å²) >= 11 is 0. The van der Waals surface area contributed by atoms with E-state index in [0.29, 0.717) is 18.5 Å². The summed E-state index contributed by atoms with van der Waals surface area (Å²) in [5, 5.41) is 2.57. The number of nitrogens with one attached hydrogen (secondary N) is 1. The molecule has 0 aliphatic rings. The number of carbonyl (C=O) groups excluding carboxylic acids is 2. The largest absolute Gasteiger partial charge is 0.359 e. The van der Waals surface area contributed by atoms with E-state index < -0.39 is 0 Å². The Kier molecular flexibility index (Phi) is 5.52.